The lowest BCUT2D eigenvalue weighted by atomic mass is 10.1. The van der Waals surface area contributed by atoms with Crippen LogP contribution in [0.5, 0.6) is 0 Å². The van der Waals surface area contributed by atoms with Crippen molar-refractivity contribution in [2.75, 3.05) is 13.1 Å². The monoisotopic (exact) mass is 302 g/mol. The number of hydrogen-bond acceptors (Lipinski definition) is 3. The van der Waals surface area contributed by atoms with E-state index >= 15 is 0 Å². The molecule has 0 aromatic carbocycles. The standard InChI is InChI=1S/C14H22N2O3.ClH/c17-12(8-16-7-1-2-11(16)14(18)19)15-13(9-3-4-9)10-5-6-10;/h9-11,13H,1-8H2,(H,15,17)(H,18,19);1H/t11-;/m0./s1. The van der Waals surface area contributed by atoms with E-state index in [1.54, 1.807) is 4.90 Å². The van der Waals surface area contributed by atoms with Crippen molar-refractivity contribution in [1.29, 1.82) is 0 Å². The van der Waals surface area contributed by atoms with Crippen molar-refractivity contribution in [2.24, 2.45) is 11.8 Å². The third-order valence-corrected chi connectivity index (χ3v) is 4.58. The number of carboxylic acid groups (broad SMARTS) is 1. The highest BCUT2D eigenvalue weighted by atomic mass is 35.5. The molecule has 114 valence electrons. The molecule has 0 aromatic heterocycles. The van der Waals surface area contributed by atoms with Gasteiger partial charge in [-0.2, -0.15) is 0 Å². The number of rotatable bonds is 6. The van der Waals surface area contributed by atoms with Crippen LogP contribution in [0.15, 0.2) is 0 Å². The van der Waals surface area contributed by atoms with Gasteiger partial charge in [0.2, 0.25) is 5.91 Å². The first-order chi connectivity index (χ1) is 9.15. The Kier molecular flexibility index (Phi) is 4.91. The molecule has 0 spiro atoms. The summed E-state index contributed by atoms with van der Waals surface area (Å²) in [5, 5.41) is 12.3. The second-order valence-electron chi connectivity index (χ2n) is 6.23. The van der Waals surface area contributed by atoms with Gasteiger partial charge in [0.15, 0.2) is 0 Å². The van der Waals surface area contributed by atoms with E-state index in [-0.39, 0.29) is 24.9 Å². The number of carbonyl (C=O) groups excluding carboxylic acids is 1. The first-order valence-electron chi connectivity index (χ1n) is 7.41. The van der Waals surface area contributed by atoms with E-state index in [1.807, 2.05) is 0 Å². The molecule has 2 aliphatic carbocycles. The van der Waals surface area contributed by atoms with Crippen LogP contribution in [0.3, 0.4) is 0 Å². The number of nitrogens with zero attached hydrogens (tertiary/aromatic N) is 1. The highest BCUT2D eigenvalue weighted by molar-refractivity contribution is 5.85. The normalized spacial score (nSPS) is 26.4. The molecule has 1 heterocycles. The zero-order chi connectivity index (χ0) is 13.4. The molecule has 3 rings (SSSR count). The molecule has 0 bridgehead atoms. The van der Waals surface area contributed by atoms with Gasteiger partial charge in [0.25, 0.3) is 0 Å². The van der Waals surface area contributed by atoms with E-state index in [0.29, 0.717) is 24.3 Å². The van der Waals surface area contributed by atoms with Crippen molar-refractivity contribution in [3.05, 3.63) is 0 Å². The van der Waals surface area contributed by atoms with Crippen LogP contribution in [0.25, 0.3) is 0 Å². The molecule has 5 nitrogen and oxygen atoms in total. The van der Waals surface area contributed by atoms with E-state index in [0.717, 1.165) is 13.0 Å². The number of hydrogen-bond donors (Lipinski definition) is 2. The summed E-state index contributed by atoms with van der Waals surface area (Å²) >= 11 is 0. The molecule has 0 unspecified atom stereocenters. The summed E-state index contributed by atoms with van der Waals surface area (Å²) in [5.41, 5.74) is 0. The maximum atomic E-state index is 12.1. The molecular formula is C14H23ClN2O3. The predicted octanol–water partition coefficient (Wildman–Crippen LogP) is 1.26. The SMILES string of the molecule is Cl.O=C(CN1CCC[C@H]1C(=O)O)NC(C1CC1)C1CC1. The van der Waals surface area contributed by atoms with Gasteiger partial charge in [0, 0.05) is 6.04 Å². The number of aliphatic carboxylic acids is 1. The van der Waals surface area contributed by atoms with E-state index in [2.05, 4.69) is 5.32 Å². The van der Waals surface area contributed by atoms with Crippen LogP contribution in [-0.2, 0) is 9.59 Å². The molecule has 2 saturated carbocycles. The first kappa shape index (κ1) is 15.6. The molecule has 1 atom stereocenters. The molecular weight excluding hydrogens is 280 g/mol. The van der Waals surface area contributed by atoms with Crippen molar-refractivity contribution in [3.8, 4) is 0 Å². The Morgan fingerprint density at radius 2 is 1.75 bits per heavy atom. The van der Waals surface area contributed by atoms with Gasteiger partial charge in [-0.1, -0.05) is 0 Å². The second kappa shape index (κ2) is 6.31. The fraction of sp³-hybridized carbons (Fsp3) is 0.857. The zero-order valence-electron chi connectivity index (χ0n) is 11.6. The number of carbonyl (C=O) groups is 2. The molecule has 0 radical (unpaired) electrons. The molecule has 6 heteroatoms. The lowest BCUT2D eigenvalue weighted by Gasteiger charge is -2.23. The van der Waals surface area contributed by atoms with Crippen molar-refractivity contribution in [2.45, 2.75) is 50.6 Å². The summed E-state index contributed by atoms with van der Waals surface area (Å²) in [6, 6.07) is -0.107. The van der Waals surface area contributed by atoms with Crippen LogP contribution >= 0.6 is 12.4 Å². The lowest BCUT2D eigenvalue weighted by molar-refractivity contribution is -0.142. The third kappa shape index (κ3) is 3.64. The van der Waals surface area contributed by atoms with Crippen molar-refractivity contribution < 1.29 is 14.7 Å². The topological polar surface area (TPSA) is 69.6 Å². The molecule has 3 fully saturated rings. The lowest BCUT2D eigenvalue weighted by Crippen LogP contribution is -2.46. The second-order valence-corrected chi connectivity index (χ2v) is 6.23. The average Bonchev–Trinajstić information content (AvgIpc) is 3.26. The van der Waals surface area contributed by atoms with Crippen LogP contribution in [0.1, 0.15) is 38.5 Å². The minimum atomic E-state index is -0.800. The van der Waals surface area contributed by atoms with E-state index in [9.17, 15) is 9.59 Å². The maximum Gasteiger partial charge on any atom is 0.320 e. The summed E-state index contributed by atoms with van der Waals surface area (Å²) in [5.74, 6) is 0.582. The molecule has 0 aromatic rings. The van der Waals surface area contributed by atoms with Gasteiger partial charge in [0.05, 0.1) is 6.54 Å². The van der Waals surface area contributed by atoms with Crippen molar-refractivity contribution >= 4 is 24.3 Å². The third-order valence-electron chi connectivity index (χ3n) is 4.58. The fourth-order valence-electron chi connectivity index (χ4n) is 3.24. The smallest absolute Gasteiger partial charge is 0.320 e. The van der Waals surface area contributed by atoms with Gasteiger partial charge in [-0.3, -0.25) is 14.5 Å². The Morgan fingerprint density at radius 1 is 1.15 bits per heavy atom. The Balaban J connectivity index is 0.00000147. The molecule has 20 heavy (non-hydrogen) atoms. The van der Waals surface area contributed by atoms with Crippen molar-refractivity contribution in [3.63, 3.8) is 0 Å². The number of halogens is 1. The van der Waals surface area contributed by atoms with Gasteiger partial charge in [0.1, 0.15) is 6.04 Å². The van der Waals surface area contributed by atoms with E-state index in [1.165, 1.54) is 25.7 Å². The van der Waals surface area contributed by atoms with Crippen LogP contribution < -0.4 is 5.32 Å². The van der Waals surface area contributed by atoms with Crippen LogP contribution in [0, 0.1) is 11.8 Å². The van der Waals surface area contributed by atoms with Gasteiger partial charge < -0.3 is 10.4 Å². The van der Waals surface area contributed by atoms with Gasteiger partial charge >= 0.3 is 5.97 Å². The molecule has 1 saturated heterocycles. The summed E-state index contributed by atoms with van der Waals surface area (Å²) in [6.07, 6.45) is 6.49. The quantitative estimate of drug-likeness (QED) is 0.775. The molecule has 1 aliphatic heterocycles. The Morgan fingerprint density at radius 3 is 2.25 bits per heavy atom. The largest absolute Gasteiger partial charge is 0.480 e. The zero-order valence-corrected chi connectivity index (χ0v) is 12.4. The van der Waals surface area contributed by atoms with Crippen LogP contribution in [-0.4, -0.2) is 47.1 Å². The summed E-state index contributed by atoms with van der Waals surface area (Å²) in [6.45, 7) is 0.967. The number of likely N-dealkylation sites (tertiary alicyclic amines) is 1. The number of carboxylic acids is 1. The molecule has 1 amide bonds. The fourth-order valence-corrected chi connectivity index (χ4v) is 3.24. The summed E-state index contributed by atoms with van der Waals surface area (Å²) < 4.78 is 0. The summed E-state index contributed by atoms with van der Waals surface area (Å²) in [4.78, 5) is 25.0. The Bertz CT molecular complexity index is 371. The Hall–Kier alpha value is -0.810. The van der Waals surface area contributed by atoms with Crippen LogP contribution in [0.2, 0.25) is 0 Å². The van der Waals surface area contributed by atoms with Crippen LogP contribution in [0.4, 0.5) is 0 Å². The van der Waals surface area contributed by atoms with Gasteiger partial charge in [-0.25, -0.2) is 0 Å². The van der Waals surface area contributed by atoms with Crippen molar-refractivity contribution in [1.82, 2.24) is 10.2 Å². The van der Waals surface area contributed by atoms with Gasteiger partial charge in [-0.05, 0) is 56.9 Å². The summed E-state index contributed by atoms with van der Waals surface area (Å²) in [7, 11) is 0. The first-order valence-corrected chi connectivity index (χ1v) is 7.41. The maximum absolute atomic E-state index is 12.1. The Labute approximate surface area is 125 Å². The van der Waals surface area contributed by atoms with E-state index < -0.39 is 12.0 Å². The highest BCUT2D eigenvalue weighted by Gasteiger charge is 2.42. The average molecular weight is 303 g/mol. The molecule has 2 N–H and O–H groups in total. The highest BCUT2D eigenvalue weighted by Crippen LogP contribution is 2.44. The molecule has 3 aliphatic rings. The van der Waals surface area contributed by atoms with Gasteiger partial charge in [-0.15, -0.1) is 12.4 Å². The van der Waals surface area contributed by atoms with E-state index in [4.69, 9.17) is 5.11 Å². The number of amides is 1. The number of nitrogens with one attached hydrogen (secondary N) is 1. The minimum Gasteiger partial charge on any atom is -0.480 e. The minimum absolute atomic E-state index is 0. The predicted molar refractivity (Wildman–Crippen MR) is 76.9 cm³/mol.